The van der Waals surface area contributed by atoms with Crippen molar-refractivity contribution in [3.8, 4) is 11.4 Å². The fourth-order valence-corrected chi connectivity index (χ4v) is 6.00. The molecule has 0 atom stereocenters. The molecule has 4 aromatic heterocycles. The maximum absolute atomic E-state index is 5.55. The molecule has 0 aromatic carbocycles. The van der Waals surface area contributed by atoms with E-state index < -0.39 is 0 Å². The zero-order valence-electron chi connectivity index (χ0n) is 18.3. The summed E-state index contributed by atoms with van der Waals surface area (Å²) < 4.78 is 5.55. The van der Waals surface area contributed by atoms with E-state index in [1.165, 1.54) is 22.2 Å². The highest BCUT2D eigenvalue weighted by molar-refractivity contribution is 7.19. The van der Waals surface area contributed by atoms with Crippen LogP contribution in [0.25, 0.3) is 21.6 Å². The summed E-state index contributed by atoms with van der Waals surface area (Å²) in [5, 5.41) is 5.35. The molecular formula is C23H25N7OS. The fraction of sp³-hybridized carbons (Fsp3) is 0.435. The normalized spacial score (nSPS) is 16.6. The Labute approximate surface area is 190 Å². The van der Waals surface area contributed by atoms with E-state index in [2.05, 4.69) is 20.0 Å². The first kappa shape index (κ1) is 19.6. The molecule has 5 heterocycles. The fourth-order valence-electron chi connectivity index (χ4n) is 4.74. The van der Waals surface area contributed by atoms with Crippen molar-refractivity contribution < 1.29 is 4.52 Å². The first-order valence-corrected chi connectivity index (χ1v) is 12.0. The summed E-state index contributed by atoms with van der Waals surface area (Å²) in [4.78, 5) is 25.8. The number of aromatic nitrogens is 5. The Morgan fingerprint density at radius 1 is 1.12 bits per heavy atom. The van der Waals surface area contributed by atoms with Crippen LogP contribution in [-0.2, 0) is 12.8 Å². The molecule has 1 aliphatic heterocycles. The smallest absolute Gasteiger partial charge is 0.265 e. The number of rotatable bonds is 4. The van der Waals surface area contributed by atoms with Gasteiger partial charge in [0.1, 0.15) is 10.6 Å². The maximum atomic E-state index is 5.55. The average molecular weight is 448 g/mol. The molecule has 0 saturated carbocycles. The molecule has 1 aliphatic carbocycles. The summed E-state index contributed by atoms with van der Waals surface area (Å²) in [7, 11) is 3.85. The van der Waals surface area contributed by atoms with Gasteiger partial charge < -0.3 is 14.3 Å². The lowest BCUT2D eigenvalue weighted by molar-refractivity contribution is 0.329. The van der Waals surface area contributed by atoms with E-state index in [9.17, 15) is 0 Å². The van der Waals surface area contributed by atoms with Crippen LogP contribution in [-0.4, -0.2) is 52.3 Å². The van der Waals surface area contributed by atoms with Crippen molar-refractivity contribution in [1.82, 2.24) is 25.1 Å². The Morgan fingerprint density at radius 2 is 2.00 bits per heavy atom. The number of hydrogen-bond donors (Lipinski definition) is 0. The number of pyridine rings is 1. The van der Waals surface area contributed by atoms with Gasteiger partial charge in [0.15, 0.2) is 5.82 Å². The van der Waals surface area contributed by atoms with Crippen molar-refractivity contribution in [2.24, 2.45) is 0 Å². The Balaban J connectivity index is 1.34. The molecule has 9 heteroatoms. The van der Waals surface area contributed by atoms with Gasteiger partial charge in [-0.2, -0.15) is 4.98 Å². The lowest BCUT2D eigenvalue weighted by Crippen LogP contribution is -2.34. The molecule has 32 heavy (non-hydrogen) atoms. The summed E-state index contributed by atoms with van der Waals surface area (Å²) in [5.74, 6) is 3.50. The summed E-state index contributed by atoms with van der Waals surface area (Å²) in [6.07, 6.45) is 9.08. The topological polar surface area (TPSA) is 84.1 Å². The third kappa shape index (κ3) is 3.31. The molecule has 1 saturated heterocycles. The Bertz CT molecular complexity index is 1260. The molecule has 0 N–H and O–H groups in total. The first-order chi connectivity index (χ1) is 15.7. The van der Waals surface area contributed by atoms with E-state index in [4.69, 9.17) is 14.5 Å². The maximum Gasteiger partial charge on any atom is 0.265 e. The summed E-state index contributed by atoms with van der Waals surface area (Å²) in [5.41, 5.74) is 2.42. The van der Waals surface area contributed by atoms with E-state index in [0.29, 0.717) is 5.95 Å². The molecule has 0 amide bonds. The molecule has 164 valence electrons. The lowest BCUT2D eigenvalue weighted by Gasteiger charge is -2.32. The van der Waals surface area contributed by atoms with Gasteiger partial charge in [0.2, 0.25) is 5.89 Å². The Kier molecular flexibility index (Phi) is 4.78. The zero-order valence-corrected chi connectivity index (χ0v) is 19.1. The third-order valence-corrected chi connectivity index (χ3v) is 7.63. The molecule has 4 aromatic rings. The Morgan fingerprint density at radius 3 is 2.75 bits per heavy atom. The minimum absolute atomic E-state index is 0.288. The van der Waals surface area contributed by atoms with Crippen LogP contribution in [0, 0.1) is 0 Å². The van der Waals surface area contributed by atoms with E-state index >= 15 is 0 Å². The second-order valence-electron chi connectivity index (χ2n) is 8.74. The summed E-state index contributed by atoms with van der Waals surface area (Å²) in [6.45, 7) is 1.82. The van der Waals surface area contributed by atoms with E-state index in [1.54, 1.807) is 6.20 Å². The third-order valence-electron chi connectivity index (χ3n) is 6.44. The van der Waals surface area contributed by atoms with Crippen molar-refractivity contribution in [3.63, 3.8) is 0 Å². The van der Waals surface area contributed by atoms with Crippen molar-refractivity contribution >= 4 is 33.3 Å². The molecule has 0 bridgehead atoms. The van der Waals surface area contributed by atoms with E-state index in [-0.39, 0.29) is 5.92 Å². The van der Waals surface area contributed by atoms with Gasteiger partial charge in [-0.05, 0) is 55.0 Å². The number of nitrogens with zero attached hydrogens (tertiary/aromatic N) is 7. The van der Waals surface area contributed by atoms with E-state index in [1.807, 2.05) is 48.7 Å². The number of hydrogen-bond acceptors (Lipinski definition) is 9. The van der Waals surface area contributed by atoms with Crippen molar-refractivity contribution in [2.45, 2.75) is 38.0 Å². The summed E-state index contributed by atoms with van der Waals surface area (Å²) >= 11 is 1.84. The molecule has 0 spiro atoms. The molecule has 2 aliphatic rings. The zero-order chi connectivity index (χ0) is 21.7. The van der Waals surface area contributed by atoms with Crippen molar-refractivity contribution in [1.29, 1.82) is 0 Å². The van der Waals surface area contributed by atoms with Crippen LogP contribution in [0.5, 0.6) is 0 Å². The van der Waals surface area contributed by atoms with Crippen LogP contribution in [0.2, 0.25) is 0 Å². The second kappa shape index (κ2) is 7.81. The highest BCUT2D eigenvalue weighted by Crippen LogP contribution is 2.42. The van der Waals surface area contributed by atoms with Crippen LogP contribution in [0.1, 0.15) is 41.5 Å². The minimum Gasteiger partial charge on any atom is -0.356 e. The summed E-state index contributed by atoms with van der Waals surface area (Å²) in [6, 6.07) is 3.97. The van der Waals surface area contributed by atoms with Gasteiger partial charge >= 0.3 is 0 Å². The van der Waals surface area contributed by atoms with Crippen LogP contribution < -0.4 is 9.80 Å². The van der Waals surface area contributed by atoms with E-state index in [0.717, 1.165) is 66.7 Å². The van der Waals surface area contributed by atoms with Crippen molar-refractivity contribution in [3.05, 3.63) is 40.9 Å². The molecule has 0 radical (unpaired) electrons. The van der Waals surface area contributed by atoms with Crippen molar-refractivity contribution in [2.75, 3.05) is 37.0 Å². The predicted octanol–water partition coefficient (Wildman–Crippen LogP) is 4.08. The van der Waals surface area contributed by atoms with Gasteiger partial charge in [-0.3, -0.25) is 4.98 Å². The molecule has 6 rings (SSSR count). The minimum atomic E-state index is 0.288. The van der Waals surface area contributed by atoms with Gasteiger partial charge in [-0.15, -0.1) is 11.3 Å². The number of thiophene rings is 1. The first-order valence-electron chi connectivity index (χ1n) is 11.2. The average Bonchev–Trinajstić information content (AvgIpc) is 3.55. The molecule has 0 unspecified atom stereocenters. The van der Waals surface area contributed by atoms with Crippen LogP contribution in [0.15, 0.2) is 29.0 Å². The van der Waals surface area contributed by atoms with Gasteiger partial charge in [0, 0.05) is 55.9 Å². The van der Waals surface area contributed by atoms with Gasteiger partial charge in [0.25, 0.3) is 5.95 Å². The highest BCUT2D eigenvalue weighted by Gasteiger charge is 2.30. The van der Waals surface area contributed by atoms with Crippen LogP contribution in [0.4, 0.5) is 11.8 Å². The largest absolute Gasteiger partial charge is 0.356 e. The number of piperidine rings is 1. The number of aryl methyl sites for hydroxylation is 2. The molecule has 8 nitrogen and oxygen atoms in total. The SMILES string of the molecule is CN(C)c1noc(C2CCN(c3nc(-c4cccnc4)nc4sc5c(c34)CCC5)CC2)n1. The number of fused-ring (bicyclic) bond motifs is 3. The molecule has 1 fully saturated rings. The monoisotopic (exact) mass is 447 g/mol. The second-order valence-corrected chi connectivity index (χ2v) is 9.82. The standard InChI is InChI=1S/C23H25N7OS/c1-29(2)23-27-21(31-28-23)14-8-11-30(12-9-14)20-18-16-6-3-7-17(16)32-22(18)26-19(25-20)15-5-4-10-24-13-15/h4-5,10,13-14H,3,6-9,11-12H2,1-2H3. The highest BCUT2D eigenvalue weighted by atomic mass is 32.1. The predicted molar refractivity (Wildman–Crippen MR) is 125 cm³/mol. The lowest BCUT2D eigenvalue weighted by atomic mass is 9.96. The van der Waals surface area contributed by atoms with Gasteiger partial charge in [0.05, 0.1) is 5.39 Å². The molecular weight excluding hydrogens is 422 g/mol. The van der Waals surface area contributed by atoms with Gasteiger partial charge in [-0.1, -0.05) is 0 Å². The number of anilines is 2. The van der Waals surface area contributed by atoms with Crippen LogP contribution >= 0.6 is 11.3 Å². The quantitative estimate of drug-likeness (QED) is 0.463. The van der Waals surface area contributed by atoms with Gasteiger partial charge in [-0.25, -0.2) is 9.97 Å². The van der Waals surface area contributed by atoms with Crippen LogP contribution in [0.3, 0.4) is 0 Å². The Hall–Kier alpha value is -3.07.